The quantitative estimate of drug-likeness (QED) is 0.660. The minimum Gasteiger partial charge on any atom is -0.492 e. The monoisotopic (exact) mass is 282 g/mol. The van der Waals surface area contributed by atoms with Gasteiger partial charge in [-0.2, -0.15) is 0 Å². The zero-order chi connectivity index (χ0) is 14.4. The van der Waals surface area contributed by atoms with Crippen LogP contribution in [0.2, 0.25) is 0 Å². The van der Waals surface area contributed by atoms with Crippen LogP contribution in [0.5, 0.6) is 5.75 Å². The first-order valence-corrected chi connectivity index (χ1v) is 6.64. The van der Waals surface area contributed by atoms with Gasteiger partial charge in [0.15, 0.2) is 0 Å². The van der Waals surface area contributed by atoms with E-state index in [1.165, 1.54) is 12.1 Å². The molecule has 1 aliphatic carbocycles. The van der Waals surface area contributed by atoms with Crippen LogP contribution in [0.25, 0.3) is 0 Å². The van der Waals surface area contributed by atoms with Crippen molar-refractivity contribution in [1.82, 2.24) is 10.6 Å². The Morgan fingerprint density at radius 3 is 2.85 bits per heavy atom. The predicted octanol–water partition coefficient (Wildman–Crippen LogP) is 1.28. The average molecular weight is 282 g/mol. The number of amides is 2. The first-order valence-electron chi connectivity index (χ1n) is 6.64. The Hall–Kier alpha value is -1.82. The van der Waals surface area contributed by atoms with E-state index in [1.807, 2.05) is 0 Å². The number of halogens is 1. The van der Waals surface area contributed by atoms with Gasteiger partial charge in [-0.3, -0.25) is 0 Å². The maximum atomic E-state index is 12.9. The van der Waals surface area contributed by atoms with Crippen LogP contribution in [0.15, 0.2) is 24.3 Å². The van der Waals surface area contributed by atoms with Crippen molar-refractivity contribution in [2.45, 2.75) is 12.8 Å². The normalized spacial score (nSPS) is 15.5. The molecule has 2 rings (SSSR count). The second-order valence-electron chi connectivity index (χ2n) is 5.07. The first kappa shape index (κ1) is 14.6. The molecule has 110 valence electrons. The van der Waals surface area contributed by atoms with E-state index in [-0.39, 0.29) is 30.5 Å². The van der Waals surface area contributed by atoms with Crippen molar-refractivity contribution in [3.05, 3.63) is 30.1 Å². The summed E-state index contributed by atoms with van der Waals surface area (Å²) in [6, 6.07) is 5.56. The highest BCUT2D eigenvalue weighted by Crippen LogP contribution is 2.44. The summed E-state index contributed by atoms with van der Waals surface area (Å²) in [5, 5.41) is 14.5. The summed E-state index contributed by atoms with van der Waals surface area (Å²) < 4.78 is 18.2. The number of carbonyl (C=O) groups is 1. The van der Waals surface area contributed by atoms with E-state index < -0.39 is 0 Å². The Kier molecular flexibility index (Phi) is 4.79. The van der Waals surface area contributed by atoms with E-state index in [2.05, 4.69) is 10.6 Å². The molecule has 0 saturated heterocycles. The molecule has 1 aromatic rings. The van der Waals surface area contributed by atoms with Crippen molar-refractivity contribution >= 4 is 6.03 Å². The second kappa shape index (κ2) is 6.56. The second-order valence-corrected chi connectivity index (χ2v) is 5.07. The Morgan fingerprint density at radius 1 is 1.40 bits per heavy atom. The van der Waals surface area contributed by atoms with E-state index in [0.29, 0.717) is 18.8 Å². The largest absolute Gasteiger partial charge is 0.492 e. The maximum Gasteiger partial charge on any atom is 0.314 e. The van der Waals surface area contributed by atoms with Gasteiger partial charge in [0.1, 0.15) is 18.2 Å². The van der Waals surface area contributed by atoms with Crippen molar-refractivity contribution in [1.29, 1.82) is 0 Å². The molecule has 0 unspecified atom stereocenters. The molecule has 1 saturated carbocycles. The molecule has 1 fully saturated rings. The van der Waals surface area contributed by atoms with Gasteiger partial charge < -0.3 is 20.5 Å². The fraction of sp³-hybridized carbons (Fsp3) is 0.500. The van der Waals surface area contributed by atoms with Crippen LogP contribution < -0.4 is 15.4 Å². The highest BCUT2D eigenvalue weighted by molar-refractivity contribution is 5.73. The highest BCUT2D eigenvalue weighted by Gasteiger charge is 2.41. The smallest absolute Gasteiger partial charge is 0.314 e. The van der Waals surface area contributed by atoms with Crippen molar-refractivity contribution in [3.63, 3.8) is 0 Å². The lowest BCUT2D eigenvalue weighted by Crippen LogP contribution is -2.41. The lowest BCUT2D eigenvalue weighted by atomic mass is 10.1. The number of benzene rings is 1. The number of aliphatic hydroxyl groups is 1. The fourth-order valence-electron chi connectivity index (χ4n) is 1.79. The molecule has 20 heavy (non-hydrogen) atoms. The fourth-order valence-corrected chi connectivity index (χ4v) is 1.79. The highest BCUT2D eigenvalue weighted by atomic mass is 19.1. The molecule has 1 aromatic carbocycles. The lowest BCUT2D eigenvalue weighted by Gasteiger charge is -2.13. The van der Waals surface area contributed by atoms with Crippen molar-refractivity contribution in [3.8, 4) is 5.75 Å². The third-order valence-corrected chi connectivity index (χ3v) is 3.37. The maximum absolute atomic E-state index is 12.9. The molecule has 2 amide bonds. The van der Waals surface area contributed by atoms with Crippen molar-refractivity contribution in [2.24, 2.45) is 5.41 Å². The van der Waals surface area contributed by atoms with E-state index in [1.54, 1.807) is 12.1 Å². The van der Waals surface area contributed by atoms with Gasteiger partial charge in [0, 0.05) is 18.0 Å². The van der Waals surface area contributed by atoms with Gasteiger partial charge in [-0.1, -0.05) is 6.07 Å². The third-order valence-electron chi connectivity index (χ3n) is 3.37. The molecule has 6 heteroatoms. The van der Waals surface area contributed by atoms with Gasteiger partial charge in [0.2, 0.25) is 0 Å². The van der Waals surface area contributed by atoms with Crippen LogP contribution in [0.3, 0.4) is 0 Å². The molecular weight excluding hydrogens is 263 g/mol. The Morgan fingerprint density at radius 2 is 2.20 bits per heavy atom. The van der Waals surface area contributed by atoms with E-state index in [0.717, 1.165) is 12.8 Å². The molecule has 0 spiro atoms. The van der Waals surface area contributed by atoms with E-state index in [9.17, 15) is 9.18 Å². The summed E-state index contributed by atoms with van der Waals surface area (Å²) in [7, 11) is 0. The molecule has 0 heterocycles. The molecule has 0 bridgehead atoms. The SMILES string of the molecule is O=C(NCCOc1cccc(F)c1)NCC1(CO)CC1. The summed E-state index contributed by atoms with van der Waals surface area (Å²) >= 11 is 0. The van der Waals surface area contributed by atoms with Gasteiger partial charge in [-0.25, -0.2) is 9.18 Å². The number of rotatable bonds is 7. The van der Waals surface area contributed by atoms with Gasteiger partial charge in [0.25, 0.3) is 0 Å². The predicted molar refractivity (Wildman–Crippen MR) is 72.0 cm³/mol. The number of hydrogen-bond acceptors (Lipinski definition) is 3. The molecule has 5 nitrogen and oxygen atoms in total. The van der Waals surface area contributed by atoms with Gasteiger partial charge in [-0.15, -0.1) is 0 Å². The molecule has 0 atom stereocenters. The zero-order valence-electron chi connectivity index (χ0n) is 11.2. The van der Waals surface area contributed by atoms with Crippen LogP contribution in [0.1, 0.15) is 12.8 Å². The van der Waals surface area contributed by atoms with Crippen LogP contribution in [-0.4, -0.2) is 37.4 Å². The van der Waals surface area contributed by atoms with E-state index >= 15 is 0 Å². The topological polar surface area (TPSA) is 70.6 Å². The van der Waals surface area contributed by atoms with Crippen molar-refractivity contribution in [2.75, 3.05) is 26.3 Å². The Bertz CT molecular complexity index is 463. The summed E-state index contributed by atoms with van der Waals surface area (Å²) in [5.41, 5.74) is -0.102. The van der Waals surface area contributed by atoms with Crippen LogP contribution >= 0.6 is 0 Å². The first-order chi connectivity index (χ1) is 9.63. The van der Waals surface area contributed by atoms with Crippen LogP contribution in [0, 0.1) is 11.2 Å². The standard InChI is InChI=1S/C14H19FN2O3/c15-11-2-1-3-12(8-11)20-7-6-16-13(19)17-9-14(10-18)4-5-14/h1-3,8,18H,4-7,9-10H2,(H2,16,17,19). The number of urea groups is 1. The van der Waals surface area contributed by atoms with E-state index in [4.69, 9.17) is 9.84 Å². The summed E-state index contributed by atoms with van der Waals surface area (Å²) in [5.74, 6) is 0.0800. The molecule has 0 aromatic heterocycles. The van der Waals surface area contributed by atoms with Gasteiger partial charge >= 0.3 is 6.03 Å². The van der Waals surface area contributed by atoms with Crippen LogP contribution in [0.4, 0.5) is 9.18 Å². The molecule has 3 N–H and O–H groups in total. The number of nitrogens with one attached hydrogen (secondary N) is 2. The lowest BCUT2D eigenvalue weighted by molar-refractivity contribution is 0.202. The summed E-state index contributed by atoms with van der Waals surface area (Å²) in [4.78, 5) is 11.5. The number of hydrogen-bond donors (Lipinski definition) is 3. The average Bonchev–Trinajstić information content (AvgIpc) is 3.22. The molecule has 0 aliphatic heterocycles. The number of carbonyl (C=O) groups excluding carboxylic acids is 1. The molecule has 1 aliphatic rings. The summed E-state index contributed by atoms with van der Waals surface area (Å²) in [6.07, 6.45) is 1.90. The third kappa shape index (κ3) is 4.38. The molecular formula is C14H19FN2O3. The number of ether oxygens (including phenoxy) is 1. The minimum atomic E-state index is -0.355. The number of aliphatic hydroxyl groups excluding tert-OH is 1. The minimum absolute atomic E-state index is 0.102. The van der Waals surface area contributed by atoms with Gasteiger partial charge in [0.05, 0.1) is 13.2 Å². The Balaban J connectivity index is 1.57. The van der Waals surface area contributed by atoms with Crippen LogP contribution in [-0.2, 0) is 0 Å². The zero-order valence-corrected chi connectivity index (χ0v) is 11.2. The summed E-state index contributed by atoms with van der Waals surface area (Å²) in [6.45, 7) is 1.19. The Labute approximate surface area is 117 Å². The molecule has 0 radical (unpaired) electrons. The van der Waals surface area contributed by atoms with Gasteiger partial charge in [-0.05, 0) is 25.0 Å². The van der Waals surface area contributed by atoms with Crippen molar-refractivity contribution < 1.29 is 19.0 Å².